The van der Waals surface area contributed by atoms with E-state index >= 15 is 0 Å². The molecule has 1 amide bonds. The Kier molecular flexibility index (Phi) is 7.46. The van der Waals surface area contributed by atoms with Crippen LogP contribution in [0.2, 0.25) is 0 Å². The van der Waals surface area contributed by atoms with Crippen molar-refractivity contribution in [2.75, 3.05) is 13.1 Å². The van der Waals surface area contributed by atoms with Gasteiger partial charge in [-0.2, -0.15) is 0 Å². The predicted octanol–water partition coefficient (Wildman–Crippen LogP) is 5.53. The summed E-state index contributed by atoms with van der Waals surface area (Å²) in [5.74, 6) is 0.923. The first-order valence-corrected chi connectivity index (χ1v) is 10.3. The van der Waals surface area contributed by atoms with E-state index in [-0.39, 0.29) is 5.91 Å². The minimum Gasteiger partial charge on any atom is -0.489 e. The quantitative estimate of drug-likeness (QED) is 0.483. The Morgan fingerprint density at radius 2 is 1.41 bits per heavy atom. The van der Waals surface area contributed by atoms with Crippen LogP contribution >= 0.6 is 0 Å². The number of hydrogen-bond donors (Lipinski definition) is 0. The van der Waals surface area contributed by atoms with E-state index in [1.807, 2.05) is 61.2 Å². The van der Waals surface area contributed by atoms with Gasteiger partial charge in [0.05, 0.1) is 0 Å². The van der Waals surface area contributed by atoms with E-state index in [2.05, 4.69) is 36.4 Å². The first kappa shape index (κ1) is 20.7. The lowest BCUT2D eigenvalue weighted by atomic mass is 10.0. The number of hydrogen-bond acceptors (Lipinski definition) is 2. The molecule has 3 aromatic rings. The number of carbonyl (C=O) groups excluding carboxylic acids is 1. The lowest BCUT2D eigenvalue weighted by molar-refractivity contribution is 0.0773. The van der Waals surface area contributed by atoms with Gasteiger partial charge in [-0.1, -0.05) is 60.7 Å². The monoisotopic (exact) mass is 387 g/mol. The van der Waals surface area contributed by atoms with Gasteiger partial charge in [0.15, 0.2) is 0 Å². The summed E-state index contributed by atoms with van der Waals surface area (Å²) in [7, 11) is 0. The van der Waals surface area contributed by atoms with Crippen molar-refractivity contribution in [3.63, 3.8) is 0 Å². The molecule has 0 spiro atoms. The molecule has 0 aliphatic heterocycles. The summed E-state index contributed by atoms with van der Waals surface area (Å²) >= 11 is 0. The highest BCUT2D eigenvalue weighted by Gasteiger charge is 2.15. The first-order chi connectivity index (χ1) is 14.2. The van der Waals surface area contributed by atoms with Gasteiger partial charge in [0.25, 0.3) is 5.91 Å². The van der Waals surface area contributed by atoms with Crippen LogP contribution in [0.25, 0.3) is 0 Å². The van der Waals surface area contributed by atoms with Gasteiger partial charge in [0, 0.05) is 18.7 Å². The number of nitrogens with zero attached hydrogens (tertiary/aromatic N) is 1. The third-order valence-corrected chi connectivity index (χ3v) is 5.12. The lowest BCUT2D eigenvalue weighted by Gasteiger charge is -2.20. The SMILES string of the molecule is CCN(CC)C(=O)c1ccc(OCc2ccccc2)c(CCc2ccccc2)c1. The van der Waals surface area contributed by atoms with Crippen molar-refractivity contribution in [1.82, 2.24) is 4.90 Å². The molecular formula is C26H29NO2. The smallest absolute Gasteiger partial charge is 0.253 e. The molecule has 150 valence electrons. The maximum Gasteiger partial charge on any atom is 0.253 e. The second-order valence-corrected chi connectivity index (χ2v) is 7.06. The van der Waals surface area contributed by atoms with Crippen LogP contribution in [0.1, 0.15) is 40.9 Å². The molecule has 0 fully saturated rings. The highest BCUT2D eigenvalue weighted by molar-refractivity contribution is 5.94. The van der Waals surface area contributed by atoms with Gasteiger partial charge in [-0.15, -0.1) is 0 Å². The van der Waals surface area contributed by atoms with E-state index in [1.54, 1.807) is 0 Å². The van der Waals surface area contributed by atoms with E-state index in [9.17, 15) is 4.79 Å². The molecule has 0 saturated carbocycles. The number of benzene rings is 3. The molecule has 3 rings (SSSR count). The third kappa shape index (κ3) is 5.71. The van der Waals surface area contributed by atoms with Gasteiger partial charge in [-0.25, -0.2) is 0 Å². The number of carbonyl (C=O) groups is 1. The number of rotatable bonds is 9. The Morgan fingerprint density at radius 1 is 0.793 bits per heavy atom. The number of ether oxygens (including phenoxy) is 1. The number of aryl methyl sites for hydroxylation is 2. The molecule has 0 radical (unpaired) electrons. The highest BCUT2D eigenvalue weighted by Crippen LogP contribution is 2.24. The molecule has 0 aliphatic rings. The summed E-state index contributed by atoms with van der Waals surface area (Å²) in [5, 5.41) is 0. The van der Waals surface area contributed by atoms with Crippen LogP contribution in [0.3, 0.4) is 0 Å². The Labute approximate surface area is 174 Å². The third-order valence-electron chi connectivity index (χ3n) is 5.12. The van der Waals surface area contributed by atoms with Crippen molar-refractivity contribution >= 4 is 5.91 Å². The van der Waals surface area contributed by atoms with Crippen molar-refractivity contribution in [1.29, 1.82) is 0 Å². The lowest BCUT2D eigenvalue weighted by Crippen LogP contribution is -2.30. The molecule has 29 heavy (non-hydrogen) atoms. The molecule has 0 saturated heterocycles. The van der Waals surface area contributed by atoms with Crippen LogP contribution < -0.4 is 4.74 Å². The topological polar surface area (TPSA) is 29.5 Å². The summed E-state index contributed by atoms with van der Waals surface area (Å²) in [6.45, 7) is 5.95. The average molecular weight is 388 g/mol. The summed E-state index contributed by atoms with van der Waals surface area (Å²) < 4.78 is 6.13. The summed E-state index contributed by atoms with van der Waals surface area (Å²) in [5.41, 5.74) is 4.21. The molecule has 0 unspecified atom stereocenters. The minimum absolute atomic E-state index is 0.0746. The molecule has 0 aromatic heterocycles. The summed E-state index contributed by atoms with van der Waals surface area (Å²) in [4.78, 5) is 14.7. The Bertz CT molecular complexity index is 903. The Morgan fingerprint density at radius 3 is 2.03 bits per heavy atom. The second kappa shape index (κ2) is 10.5. The van der Waals surface area contributed by atoms with Crippen LogP contribution in [-0.4, -0.2) is 23.9 Å². The molecule has 0 aliphatic carbocycles. The minimum atomic E-state index is 0.0746. The first-order valence-electron chi connectivity index (χ1n) is 10.3. The van der Waals surface area contributed by atoms with E-state index in [0.717, 1.165) is 35.3 Å². The molecule has 0 heterocycles. The standard InChI is InChI=1S/C26H29NO2/c1-3-27(4-2)26(28)24-17-18-25(29-20-22-13-9-6-10-14-22)23(19-24)16-15-21-11-7-5-8-12-21/h5-14,17-19H,3-4,15-16,20H2,1-2H3. The van der Waals surface area contributed by atoms with Gasteiger partial charge in [0.2, 0.25) is 0 Å². The van der Waals surface area contributed by atoms with E-state index in [4.69, 9.17) is 4.74 Å². The van der Waals surface area contributed by atoms with Crippen LogP contribution in [0, 0.1) is 0 Å². The van der Waals surface area contributed by atoms with E-state index in [0.29, 0.717) is 19.7 Å². The molecule has 3 aromatic carbocycles. The van der Waals surface area contributed by atoms with Gasteiger partial charge < -0.3 is 9.64 Å². The van der Waals surface area contributed by atoms with Crippen molar-refractivity contribution in [2.45, 2.75) is 33.3 Å². The van der Waals surface area contributed by atoms with Crippen LogP contribution in [0.5, 0.6) is 5.75 Å². The van der Waals surface area contributed by atoms with Crippen LogP contribution in [0.15, 0.2) is 78.9 Å². The van der Waals surface area contributed by atoms with Gasteiger partial charge in [0.1, 0.15) is 12.4 Å². The second-order valence-electron chi connectivity index (χ2n) is 7.06. The number of amides is 1. The summed E-state index contributed by atoms with van der Waals surface area (Å²) in [6, 6.07) is 26.4. The zero-order chi connectivity index (χ0) is 20.5. The van der Waals surface area contributed by atoms with Crippen molar-refractivity contribution in [3.05, 3.63) is 101 Å². The average Bonchev–Trinajstić information content (AvgIpc) is 2.78. The molecule has 0 atom stereocenters. The Hall–Kier alpha value is -3.07. The van der Waals surface area contributed by atoms with Crippen molar-refractivity contribution in [3.8, 4) is 5.75 Å². The largest absolute Gasteiger partial charge is 0.489 e. The van der Waals surface area contributed by atoms with Crippen LogP contribution in [-0.2, 0) is 19.4 Å². The summed E-state index contributed by atoms with van der Waals surface area (Å²) in [6.07, 6.45) is 1.74. The zero-order valence-electron chi connectivity index (χ0n) is 17.3. The van der Waals surface area contributed by atoms with Crippen LogP contribution in [0.4, 0.5) is 0 Å². The maximum atomic E-state index is 12.8. The van der Waals surface area contributed by atoms with Gasteiger partial charge in [-0.05, 0) is 61.6 Å². The highest BCUT2D eigenvalue weighted by atomic mass is 16.5. The fourth-order valence-corrected chi connectivity index (χ4v) is 3.40. The molecule has 0 bridgehead atoms. The Balaban J connectivity index is 1.82. The van der Waals surface area contributed by atoms with Crippen molar-refractivity contribution < 1.29 is 9.53 Å². The molecule has 3 heteroatoms. The van der Waals surface area contributed by atoms with Crippen molar-refractivity contribution in [2.24, 2.45) is 0 Å². The molecule has 3 nitrogen and oxygen atoms in total. The molecular weight excluding hydrogens is 358 g/mol. The van der Waals surface area contributed by atoms with E-state index in [1.165, 1.54) is 5.56 Å². The zero-order valence-corrected chi connectivity index (χ0v) is 17.3. The maximum absolute atomic E-state index is 12.8. The normalized spacial score (nSPS) is 10.6. The van der Waals surface area contributed by atoms with E-state index < -0.39 is 0 Å². The molecule has 0 N–H and O–H groups in total. The fourth-order valence-electron chi connectivity index (χ4n) is 3.40. The van der Waals surface area contributed by atoms with Gasteiger partial charge >= 0.3 is 0 Å². The predicted molar refractivity (Wildman–Crippen MR) is 118 cm³/mol. The fraction of sp³-hybridized carbons (Fsp3) is 0.269. The van der Waals surface area contributed by atoms with Gasteiger partial charge in [-0.3, -0.25) is 4.79 Å².